The van der Waals surface area contributed by atoms with Crippen molar-refractivity contribution in [3.63, 3.8) is 0 Å². The van der Waals surface area contributed by atoms with Gasteiger partial charge in [0.05, 0.1) is 0 Å². The number of nitrogens with zero attached hydrogens (tertiary/aromatic N) is 1. The lowest BCUT2D eigenvalue weighted by Crippen LogP contribution is -2.13. The van der Waals surface area contributed by atoms with E-state index in [-0.39, 0.29) is 11.6 Å². The molecule has 2 rings (SSSR count). The van der Waals surface area contributed by atoms with Crippen molar-refractivity contribution in [2.75, 3.05) is 5.32 Å². The lowest BCUT2D eigenvalue weighted by molar-refractivity contribution is 0.0690. The second-order valence-corrected chi connectivity index (χ2v) is 4.64. The van der Waals surface area contributed by atoms with Crippen LogP contribution in [0.25, 0.3) is 0 Å². The van der Waals surface area contributed by atoms with Crippen LogP contribution in [0.15, 0.2) is 36.5 Å². The normalized spacial score (nSPS) is 10.1. The van der Waals surface area contributed by atoms with Gasteiger partial charge in [-0.1, -0.05) is 11.6 Å². The summed E-state index contributed by atoms with van der Waals surface area (Å²) in [7, 11) is 0. The zero-order valence-electron chi connectivity index (χ0n) is 10.6. The van der Waals surface area contributed by atoms with Gasteiger partial charge in [0.25, 0.3) is 5.91 Å². The first-order valence-electron chi connectivity index (χ1n) is 5.73. The van der Waals surface area contributed by atoms with E-state index in [2.05, 4.69) is 10.3 Å². The van der Waals surface area contributed by atoms with E-state index in [9.17, 15) is 9.59 Å². The average Bonchev–Trinajstić information content (AvgIpc) is 2.37. The summed E-state index contributed by atoms with van der Waals surface area (Å²) in [5.41, 5.74) is 1.50. The number of carbonyl (C=O) groups excluding carboxylic acids is 1. The summed E-state index contributed by atoms with van der Waals surface area (Å²) in [6.45, 7) is 1.83. The number of halogens is 1. The monoisotopic (exact) mass is 290 g/mol. The number of hydrogen-bond donors (Lipinski definition) is 2. The van der Waals surface area contributed by atoms with Crippen LogP contribution in [-0.4, -0.2) is 22.0 Å². The van der Waals surface area contributed by atoms with Crippen LogP contribution in [0.4, 0.5) is 5.69 Å². The molecule has 1 amide bonds. The van der Waals surface area contributed by atoms with Gasteiger partial charge in [0.2, 0.25) is 0 Å². The van der Waals surface area contributed by atoms with Crippen molar-refractivity contribution in [1.82, 2.24) is 4.98 Å². The van der Waals surface area contributed by atoms with E-state index >= 15 is 0 Å². The SMILES string of the molecule is Cc1cc(Cl)cc(C(=O)Nc2ccnc(C(=O)O)c2)c1. The number of aromatic nitrogens is 1. The molecule has 0 bridgehead atoms. The average molecular weight is 291 g/mol. The highest BCUT2D eigenvalue weighted by Gasteiger charge is 2.10. The number of hydrogen-bond acceptors (Lipinski definition) is 3. The topological polar surface area (TPSA) is 79.3 Å². The van der Waals surface area contributed by atoms with Gasteiger partial charge in [-0.2, -0.15) is 0 Å². The van der Waals surface area contributed by atoms with Gasteiger partial charge in [-0.3, -0.25) is 4.79 Å². The molecular formula is C14H11ClN2O3. The van der Waals surface area contributed by atoms with Crippen LogP contribution in [0.3, 0.4) is 0 Å². The van der Waals surface area contributed by atoms with Crippen LogP contribution in [-0.2, 0) is 0 Å². The lowest BCUT2D eigenvalue weighted by atomic mass is 10.1. The highest BCUT2D eigenvalue weighted by Crippen LogP contribution is 2.16. The van der Waals surface area contributed by atoms with Gasteiger partial charge in [0.15, 0.2) is 0 Å². The maximum absolute atomic E-state index is 12.1. The van der Waals surface area contributed by atoms with Gasteiger partial charge in [-0.05, 0) is 42.8 Å². The molecule has 0 aliphatic carbocycles. The first kappa shape index (κ1) is 14.0. The highest BCUT2D eigenvalue weighted by atomic mass is 35.5. The second kappa shape index (κ2) is 5.71. The van der Waals surface area contributed by atoms with E-state index in [1.807, 2.05) is 6.92 Å². The number of benzene rings is 1. The molecule has 0 saturated carbocycles. The fraction of sp³-hybridized carbons (Fsp3) is 0.0714. The largest absolute Gasteiger partial charge is 0.477 e. The van der Waals surface area contributed by atoms with Gasteiger partial charge in [-0.25, -0.2) is 9.78 Å². The van der Waals surface area contributed by atoms with Gasteiger partial charge >= 0.3 is 5.97 Å². The van der Waals surface area contributed by atoms with Gasteiger partial charge in [0, 0.05) is 22.5 Å². The number of carbonyl (C=O) groups is 2. The summed E-state index contributed by atoms with van der Waals surface area (Å²) in [6.07, 6.45) is 1.32. The highest BCUT2D eigenvalue weighted by molar-refractivity contribution is 6.31. The molecule has 2 N–H and O–H groups in total. The Balaban J connectivity index is 2.23. The number of carboxylic acids is 1. The molecule has 1 aromatic carbocycles. The van der Waals surface area contributed by atoms with Crippen LogP contribution < -0.4 is 5.32 Å². The standard InChI is InChI=1S/C14H11ClN2O3/c1-8-4-9(6-10(15)5-8)13(18)17-11-2-3-16-12(7-11)14(19)20/h2-7H,1H3,(H,19,20)(H,16,17,18). The van der Waals surface area contributed by atoms with Crippen LogP contribution in [0.1, 0.15) is 26.4 Å². The summed E-state index contributed by atoms with van der Waals surface area (Å²) in [5.74, 6) is -1.52. The summed E-state index contributed by atoms with van der Waals surface area (Å²) in [6, 6.07) is 7.79. The van der Waals surface area contributed by atoms with E-state index in [1.165, 1.54) is 18.3 Å². The quantitative estimate of drug-likeness (QED) is 0.911. The maximum atomic E-state index is 12.1. The fourth-order valence-corrected chi connectivity index (χ4v) is 1.99. The van der Waals surface area contributed by atoms with Crippen molar-refractivity contribution in [1.29, 1.82) is 0 Å². The van der Waals surface area contributed by atoms with E-state index < -0.39 is 5.97 Å². The number of amides is 1. The number of aromatic carboxylic acids is 1. The third kappa shape index (κ3) is 3.33. The summed E-state index contributed by atoms with van der Waals surface area (Å²) in [5, 5.41) is 11.9. The molecule has 0 unspecified atom stereocenters. The Kier molecular flexibility index (Phi) is 4.00. The van der Waals surface area contributed by atoms with Gasteiger partial charge in [0.1, 0.15) is 5.69 Å². The Morgan fingerprint density at radius 3 is 2.65 bits per heavy atom. The van der Waals surface area contributed by atoms with E-state index in [4.69, 9.17) is 16.7 Å². The van der Waals surface area contributed by atoms with E-state index in [1.54, 1.807) is 18.2 Å². The van der Waals surface area contributed by atoms with E-state index in [0.29, 0.717) is 16.3 Å². The molecule has 2 aromatic rings. The van der Waals surface area contributed by atoms with Crippen LogP contribution in [0, 0.1) is 6.92 Å². The fourth-order valence-electron chi connectivity index (χ4n) is 1.70. The molecule has 6 heteroatoms. The molecule has 20 heavy (non-hydrogen) atoms. The number of anilines is 1. The second-order valence-electron chi connectivity index (χ2n) is 4.21. The third-order valence-electron chi connectivity index (χ3n) is 2.54. The smallest absolute Gasteiger partial charge is 0.354 e. The zero-order chi connectivity index (χ0) is 14.7. The molecule has 0 aliphatic rings. The molecule has 0 spiro atoms. The third-order valence-corrected chi connectivity index (χ3v) is 2.76. The van der Waals surface area contributed by atoms with Gasteiger partial charge in [-0.15, -0.1) is 0 Å². The van der Waals surface area contributed by atoms with Gasteiger partial charge < -0.3 is 10.4 Å². The molecule has 0 atom stereocenters. The molecule has 0 saturated heterocycles. The zero-order valence-corrected chi connectivity index (χ0v) is 11.3. The van der Waals surface area contributed by atoms with Crippen molar-refractivity contribution < 1.29 is 14.7 Å². The van der Waals surface area contributed by atoms with Crippen molar-refractivity contribution in [2.45, 2.75) is 6.92 Å². The number of pyridine rings is 1. The number of carboxylic acid groups (broad SMARTS) is 1. The van der Waals surface area contributed by atoms with Crippen LogP contribution in [0.5, 0.6) is 0 Å². The molecule has 102 valence electrons. The summed E-state index contributed by atoms with van der Waals surface area (Å²) in [4.78, 5) is 26.5. The minimum atomic E-state index is -1.15. The minimum absolute atomic E-state index is 0.134. The Labute approximate surface area is 120 Å². The number of aryl methyl sites for hydroxylation is 1. The molecule has 1 heterocycles. The minimum Gasteiger partial charge on any atom is -0.477 e. The molecule has 1 aromatic heterocycles. The first-order valence-corrected chi connectivity index (χ1v) is 6.11. The Morgan fingerprint density at radius 1 is 1.25 bits per heavy atom. The van der Waals surface area contributed by atoms with E-state index in [0.717, 1.165) is 5.56 Å². The van der Waals surface area contributed by atoms with Crippen LogP contribution in [0.2, 0.25) is 5.02 Å². The number of rotatable bonds is 3. The van der Waals surface area contributed by atoms with Crippen molar-refractivity contribution in [3.8, 4) is 0 Å². The predicted octanol–water partition coefficient (Wildman–Crippen LogP) is 2.99. The van der Waals surface area contributed by atoms with Crippen LogP contribution >= 0.6 is 11.6 Å². The Hall–Kier alpha value is -2.40. The summed E-state index contributed by atoms with van der Waals surface area (Å²) >= 11 is 5.90. The molecule has 0 radical (unpaired) electrons. The Bertz CT molecular complexity index is 666. The first-order chi connectivity index (χ1) is 9.45. The molecule has 0 fully saturated rings. The van der Waals surface area contributed by atoms with Crippen molar-refractivity contribution in [3.05, 3.63) is 58.4 Å². The molecule has 5 nitrogen and oxygen atoms in total. The maximum Gasteiger partial charge on any atom is 0.354 e. The molecule has 0 aliphatic heterocycles. The lowest BCUT2D eigenvalue weighted by Gasteiger charge is -2.07. The van der Waals surface area contributed by atoms with Crippen molar-refractivity contribution in [2.24, 2.45) is 0 Å². The number of nitrogens with one attached hydrogen (secondary N) is 1. The van der Waals surface area contributed by atoms with Crippen molar-refractivity contribution >= 4 is 29.2 Å². The summed E-state index contributed by atoms with van der Waals surface area (Å²) < 4.78 is 0. The Morgan fingerprint density at radius 2 is 2.00 bits per heavy atom. The predicted molar refractivity (Wildman–Crippen MR) is 75.3 cm³/mol. The molecular weight excluding hydrogens is 280 g/mol.